The van der Waals surface area contributed by atoms with Crippen molar-refractivity contribution in [3.8, 4) is 0 Å². The first-order valence-electron chi connectivity index (χ1n) is 5.67. The summed E-state index contributed by atoms with van der Waals surface area (Å²) in [4.78, 5) is 22.4. The molecular formula is C12H17NO4. The molecule has 0 unspecified atom stereocenters. The minimum atomic E-state index is -1.20. The fourth-order valence-electron chi connectivity index (χ4n) is 1.39. The molecule has 1 heterocycles. The van der Waals surface area contributed by atoms with E-state index in [0.29, 0.717) is 19.8 Å². The molecule has 1 rings (SSSR count). The van der Waals surface area contributed by atoms with Crippen molar-refractivity contribution in [1.29, 1.82) is 0 Å². The van der Waals surface area contributed by atoms with Crippen LogP contribution in [0.1, 0.15) is 30.1 Å². The van der Waals surface area contributed by atoms with Crippen LogP contribution in [0.3, 0.4) is 0 Å². The number of ether oxygens (including phenoxy) is 1. The molecule has 5 nitrogen and oxygen atoms in total. The third kappa shape index (κ3) is 4.03. The van der Waals surface area contributed by atoms with Crippen LogP contribution < -0.4 is 5.56 Å². The Balaban J connectivity index is 2.57. The Labute approximate surface area is 99.6 Å². The van der Waals surface area contributed by atoms with Crippen molar-refractivity contribution >= 4 is 5.97 Å². The lowest BCUT2D eigenvalue weighted by Crippen LogP contribution is -2.27. The van der Waals surface area contributed by atoms with Crippen molar-refractivity contribution in [2.75, 3.05) is 13.2 Å². The molecule has 0 aliphatic rings. The lowest BCUT2D eigenvalue weighted by molar-refractivity contribution is 0.0693. The molecule has 17 heavy (non-hydrogen) atoms. The molecule has 0 radical (unpaired) electrons. The molecule has 0 bridgehead atoms. The average Bonchev–Trinajstić information content (AvgIpc) is 2.30. The predicted octanol–water partition coefficient (Wildman–Crippen LogP) is 1.36. The van der Waals surface area contributed by atoms with Gasteiger partial charge in [-0.3, -0.25) is 4.79 Å². The minimum absolute atomic E-state index is 0.207. The number of aromatic carboxylic acids is 1. The van der Waals surface area contributed by atoms with Gasteiger partial charge in [0.15, 0.2) is 0 Å². The summed E-state index contributed by atoms with van der Waals surface area (Å²) in [7, 11) is 0. The van der Waals surface area contributed by atoms with Gasteiger partial charge in [0.05, 0.1) is 6.61 Å². The highest BCUT2D eigenvalue weighted by molar-refractivity contribution is 5.86. The van der Waals surface area contributed by atoms with Crippen LogP contribution >= 0.6 is 0 Å². The van der Waals surface area contributed by atoms with Crippen LogP contribution in [0, 0.1) is 0 Å². The molecule has 0 aromatic carbocycles. The molecule has 0 saturated carbocycles. The van der Waals surface area contributed by atoms with Crippen LogP contribution in [-0.2, 0) is 11.3 Å². The van der Waals surface area contributed by atoms with Crippen LogP contribution in [0.2, 0.25) is 0 Å². The first kappa shape index (κ1) is 13.4. The van der Waals surface area contributed by atoms with E-state index < -0.39 is 11.5 Å². The van der Waals surface area contributed by atoms with E-state index in [-0.39, 0.29) is 5.56 Å². The van der Waals surface area contributed by atoms with Crippen LogP contribution in [0.5, 0.6) is 0 Å². The maximum atomic E-state index is 11.7. The Bertz CT molecular complexity index is 425. The van der Waals surface area contributed by atoms with Crippen LogP contribution in [0.25, 0.3) is 0 Å². The predicted molar refractivity (Wildman–Crippen MR) is 63.4 cm³/mol. The summed E-state index contributed by atoms with van der Waals surface area (Å²) in [5.74, 6) is -1.20. The monoisotopic (exact) mass is 239 g/mol. The van der Waals surface area contributed by atoms with Crippen LogP contribution in [0.4, 0.5) is 0 Å². The highest BCUT2D eigenvalue weighted by Gasteiger charge is 2.09. The zero-order valence-corrected chi connectivity index (χ0v) is 9.89. The first-order chi connectivity index (χ1) is 8.16. The minimum Gasteiger partial charge on any atom is -0.477 e. The number of aromatic nitrogens is 1. The second kappa shape index (κ2) is 6.85. The lowest BCUT2D eigenvalue weighted by atomic mass is 10.3. The number of rotatable bonds is 7. The van der Waals surface area contributed by atoms with Crippen molar-refractivity contribution in [3.63, 3.8) is 0 Å². The molecule has 1 aromatic heterocycles. The van der Waals surface area contributed by atoms with Crippen LogP contribution in [0.15, 0.2) is 23.1 Å². The fourth-order valence-corrected chi connectivity index (χ4v) is 1.39. The third-order valence-electron chi connectivity index (χ3n) is 2.37. The molecule has 0 aliphatic carbocycles. The largest absolute Gasteiger partial charge is 0.477 e. The molecule has 0 atom stereocenters. The van der Waals surface area contributed by atoms with Gasteiger partial charge in [0.1, 0.15) is 5.56 Å². The van der Waals surface area contributed by atoms with E-state index in [2.05, 4.69) is 6.92 Å². The smallest absolute Gasteiger partial charge is 0.341 e. The summed E-state index contributed by atoms with van der Waals surface area (Å²) in [5, 5.41) is 8.79. The molecule has 1 aromatic rings. The van der Waals surface area contributed by atoms with E-state index in [4.69, 9.17) is 9.84 Å². The summed E-state index contributed by atoms with van der Waals surface area (Å²) in [6.07, 6.45) is 3.62. The molecular weight excluding hydrogens is 222 g/mol. The number of carbonyl (C=O) groups is 1. The summed E-state index contributed by atoms with van der Waals surface area (Å²) >= 11 is 0. The topological polar surface area (TPSA) is 68.5 Å². The van der Waals surface area contributed by atoms with Gasteiger partial charge in [-0.15, -0.1) is 0 Å². The molecule has 0 aliphatic heterocycles. The number of carboxylic acids is 1. The molecule has 0 saturated heterocycles. The zero-order valence-electron chi connectivity index (χ0n) is 9.89. The number of nitrogens with zero attached hydrogens (tertiary/aromatic N) is 1. The summed E-state index contributed by atoms with van der Waals surface area (Å²) in [5.41, 5.74) is -0.694. The molecule has 0 spiro atoms. The second-order valence-corrected chi connectivity index (χ2v) is 3.69. The average molecular weight is 239 g/mol. The molecule has 94 valence electrons. The number of unbranched alkanes of at least 4 members (excludes halogenated alkanes) is 1. The standard InChI is InChI=1S/C12H17NO4/c1-2-3-8-17-9-7-13-6-4-5-10(11(13)14)12(15)16/h4-6H,2-3,7-9H2,1H3,(H,15,16). The van der Waals surface area contributed by atoms with Crippen molar-refractivity contribution in [2.45, 2.75) is 26.3 Å². The van der Waals surface area contributed by atoms with Gasteiger partial charge in [-0.2, -0.15) is 0 Å². The number of hydrogen-bond donors (Lipinski definition) is 1. The Hall–Kier alpha value is -1.62. The first-order valence-corrected chi connectivity index (χ1v) is 5.67. The van der Waals surface area contributed by atoms with Gasteiger partial charge in [0.2, 0.25) is 0 Å². The van der Waals surface area contributed by atoms with Crippen molar-refractivity contribution in [1.82, 2.24) is 4.57 Å². The molecule has 0 fully saturated rings. The van der Waals surface area contributed by atoms with E-state index in [1.54, 1.807) is 12.3 Å². The Morgan fingerprint density at radius 2 is 2.24 bits per heavy atom. The van der Waals surface area contributed by atoms with E-state index in [0.717, 1.165) is 12.8 Å². The zero-order chi connectivity index (χ0) is 12.7. The quantitative estimate of drug-likeness (QED) is 0.729. The van der Waals surface area contributed by atoms with Gasteiger partial charge in [-0.25, -0.2) is 4.79 Å². The summed E-state index contributed by atoms with van der Waals surface area (Å²) in [6.45, 7) is 3.54. The second-order valence-electron chi connectivity index (χ2n) is 3.69. The lowest BCUT2D eigenvalue weighted by Gasteiger charge is -2.07. The highest BCUT2D eigenvalue weighted by atomic mass is 16.5. The number of carboxylic acid groups (broad SMARTS) is 1. The summed E-state index contributed by atoms with van der Waals surface area (Å²) < 4.78 is 6.68. The van der Waals surface area contributed by atoms with E-state index in [9.17, 15) is 9.59 Å². The van der Waals surface area contributed by atoms with E-state index in [1.807, 2.05) is 0 Å². The van der Waals surface area contributed by atoms with Crippen molar-refractivity contribution in [2.24, 2.45) is 0 Å². The fraction of sp³-hybridized carbons (Fsp3) is 0.500. The van der Waals surface area contributed by atoms with Crippen molar-refractivity contribution < 1.29 is 14.6 Å². The SMILES string of the molecule is CCCCOCCn1cccc(C(=O)O)c1=O. The van der Waals surface area contributed by atoms with Gasteiger partial charge in [-0.05, 0) is 18.6 Å². The van der Waals surface area contributed by atoms with Gasteiger partial charge in [0, 0.05) is 19.3 Å². The molecule has 1 N–H and O–H groups in total. The Morgan fingerprint density at radius 3 is 2.88 bits per heavy atom. The Morgan fingerprint density at radius 1 is 1.47 bits per heavy atom. The molecule has 0 amide bonds. The highest BCUT2D eigenvalue weighted by Crippen LogP contribution is 1.93. The van der Waals surface area contributed by atoms with Gasteiger partial charge >= 0.3 is 5.97 Å². The Kier molecular flexibility index (Phi) is 5.42. The summed E-state index contributed by atoms with van der Waals surface area (Å²) in [6, 6.07) is 2.86. The maximum Gasteiger partial charge on any atom is 0.341 e. The number of hydrogen-bond acceptors (Lipinski definition) is 3. The van der Waals surface area contributed by atoms with Gasteiger partial charge in [0.25, 0.3) is 5.56 Å². The van der Waals surface area contributed by atoms with Crippen LogP contribution in [-0.4, -0.2) is 28.9 Å². The normalized spacial score (nSPS) is 10.4. The van der Waals surface area contributed by atoms with Gasteiger partial charge < -0.3 is 14.4 Å². The van der Waals surface area contributed by atoms with E-state index >= 15 is 0 Å². The van der Waals surface area contributed by atoms with Gasteiger partial charge in [-0.1, -0.05) is 13.3 Å². The van der Waals surface area contributed by atoms with Crippen molar-refractivity contribution in [3.05, 3.63) is 34.2 Å². The third-order valence-corrected chi connectivity index (χ3v) is 2.37. The number of pyridine rings is 1. The maximum absolute atomic E-state index is 11.7. The molecule has 5 heteroatoms. The van der Waals surface area contributed by atoms with E-state index in [1.165, 1.54) is 10.6 Å².